The number of aliphatic carboxylic acids is 1. The molecule has 28 heteroatoms. The fourth-order valence-corrected chi connectivity index (χ4v) is 12.6. The first-order valence-corrected chi connectivity index (χ1v) is 32.3. The van der Waals surface area contributed by atoms with E-state index in [1.807, 2.05) is 45.2 Å². The van der Waals surface area contributed by atoms with Crippen molar-refractivity contribution < 1.29 is 71.9 Å². The second kappa shape index (κ2) is 35.0. The summed E-state index contributed by atoms with van der Waals surface area (Å²) in [6, 6.07) is 44.1. The number of carboxylic acid groups (broad SMARTS) is 1. The zero-order valence-corrected chi connectivity index (χ0v) is 60.0. The molecule has 3 heterocycles. The number of pyridine rings is 3. The Hall–Kier alpha value is -9.74. The minimum atomic E-state index is -1.07. The van der Waals surface area contributed by atoms with Crippen molar-refractivity contribution in [1.29, 1.82) is 0 Å². The van der Waals surface area contributed by atoms with E-state index in [1.165, 1.54) is 24.3 Å². The molecule has 0 saturated carbocycles. The molecule has 0 aliphatic rings. The number of benzene rings is 9. The number of halogens is 7. The Balaban J connectivity index is 0.000000223. The summed E-state index contributed by atoms with van der Waals surface area (Å²) in [5, 5.41) is 19.6. The van der Waals surface area contributed by atoms with Crippen LogP contribution in [0.15, 0.2) is 183 Å². The number of nitrogens with one attached hydrogen (secondary N) is 2. The molecule has 0 aliphatic heterocycles. The normalized spacial score (nSPS) is 10.6. The standard InChI is InChI=1S/C25H23ClFN3O3.C23H19ClFN3O3.C19H18BrClN2O3.C6H6FN.Li.2H2O/c1-4-33-22(31)14-30-21-13-15(28-20-8-6-5-7-19(20)27)9-10-16(21)25(32)17-11-12-18(26)24(23(17)30)29(2)3;1-27(2)22-16(24)10-9-15-21(22)28(12-20(29)30)19-11-13(7-8-14(19)23(15)31)26-18-6-4-3-5-17(18)25;1-4-26-16(24)10-23-15-9-11(20)5-6-12(15)19(25)13-7-8-14(21)18(17(13)23)22(2)3;7-5-3-1-2-4-6(5)8;;;/h5-13,28H,4,14H2,1-3H3;3-11,26H,12H2,1-2H3,(H,29,30);5-9H,4,10H2,1-3H3;1-4H,8H2;;2*1H2/q;;;;+1;;/p-1. The van der Waals surface area contributed by atoms with Gasteiger partial charge in [0.15, 0.2) is 16.3 Å². The van der Waals surface area contributed by atoms with E-state index in [1.54, 1.807) is 179 Å². The van der Waals surface area contributed by atoms with Gasteiger partial charge < -0.3 is 70.3 Å². The number of aromatic nitrogens is 3. The summed E-state index contributed by atoms with van der Waals surface area (Å²) in [6.07, 6.45) is 0. The van der Waals surface area contributed by atoms with Crippen molar-refractivity contribution in [2.45, 2.75) is 33.5 Å². The largest absolute Gasteiger partial charge is 1.00 e. The van der Waals surface area contributed by atoms with Gasteiger partial charge in [0.2, 0.25) is 0 Å². The van der Waals surface area contributed by atoms with Crippen molar-refractivity contribution in [1.82, 2.24) is 13.7 Å². The van der Waals surface area contributed by atoms with Crippen LogP contribution in [0.2, 0.25) is 15.1 Å². The quantitative estimate of drug-likeness (QED) is 0.0321. The van der Waals surface area contributed by atoms with Gasteiger partial charge in [0.1, 0.15) is 37.1 Å². The number of para-hydroxylation sites is 3. The Bertz CT molecular complexity index is 5280. The number of hydrogen-bond acceptors (Lipinski definition) is 15. The van der Waals surface area contributed by atoms with Crippen molar-refractivity contribution in [3.8, 4) is 0 Å². The number of carbonyl (C=O) groups is 3. The molecule has 522 valence electrons. The fourth-order valence-electron chi connectivity index (χ4n) is 11.3. The zero-order valence-electron chi connectivity index (χ0n) is 56.2. The van der Waals surface area contributed by atoms with Gasteiger partial charge in [0.05, 0.1) is 95.5 Å². The number of nitrogens with two attached hydrogens (primary N) is 1. The van der Waals surface area contributed by atoms with E-state index >= 15 is 0 Å². The summed E-state index contributed by atoms with van der Waals surface area (Å²) in [5.41, 5.74) is 11.5. The Morgan fingerprint density at radius 1 is 0.485 bits per heavy atom. The van der Waals surface area contributed by atoms with Gasteiger partial charge in [-0.1, -0.05) is 87.1 Å². The third-order valence-corrected chi connectivity index (χ3v) is 16.9. The predicted octanol–water partition coefficient (Wildman–Crippen LogP) is 11.8. The molecule has 0 fully saturated rings. The van der Waals surface area contributed by atoms with E-state index < -0.39 is 23.6 Å². The molecule has 12 aromatic rings. The van der Waals surface area contributed by atoms with Gasteiger partial charge in [-0.25, -0.2) is 13.2 Å². The number of fused-ring (bicyclic) bond motifs is 6. The molecular weight excluding hydrogens is 1430 g/mol. The topological polar surface area (TPSA) is 277 Å². The fraction of sp³-hybridized carbons (Fsp3) is 0.178. The van der Waals surface area contributed by atoms with Crippen molar-refractivity contribution in [2.75, 3.05) is 86.6 Å². The maximum Gasteiger partial charge on any atom is 1.00 e. The third kappa shape index (κ3) is 17.7. The minimum absolute atomic E-state index is 0. The summed E-state index contributed by atoms with van der Waals surface area (Å²) in [5.74, 6) is -3.06. The molecule has 0 amide bonds. The molecule has 20 nitrogen and oxygen atoms in total. The number of ether oxygens (including phenoxy) is 2. The van der Waals surface area contributed by atoms with Crippen molar-refractivity contribution in [2.24, 2.45) is 0 Å². The smallest absolute Gasteiger partial charge is 0.870 e. The van der Waals surface area contributed by atoms with E-state index in [9.17, 15) is 47.0 Å². The summed E-state index contributed by atoms with van der Waals surface area (Å²) in [6.45, 7) is 3.51. The first kappa shape index (κ1) is 80.2. The van der Waals surface area contributed by atoms with E-state index in [0.29, 0.717) is 121 Å². The summed E-state index contributed by atoms with van der Waals surface area (Å²) >= 11 is 22.8. The van der Waals surface area contributed by atoms with E-state index in [0.717, 1.165) is 4.47 Å². The Labute approximate surface area is 612 Å². The van der Waals surface area contributed by atoms with Crippen molar-refractivity contribution in [3.63, 3.8) is 0 Å². The van der Waals surface area contributed by atoms with Crippen LogP contribution >= 0.6 is 50.7 Å². The van der Waals surface area contributed by atoms with Gasteiger partial charge in [0.25, 0.3) is 0 Å². The maximum absolute atomic E-state index is 14.2. The molecule has 0 aliphatic carbocycles. The second-order valence-electron chi connectivity index (χ2n) is 22.7. The molecule has 0 spiro atoms. The van der Waals surface area contributed by atoms with Crippen LogP contribution in [0.3, 0.4) is 0 Å². The molecule has 12 rings (SSSR count). The van der Waals surface area contributed by atoms with Crippen LogP contribution in [0.1, 0.15) is 13.8 Å². The van der Waals surface area contributed by atoms with Gasteiger partial charge in [0, 0.05) is 90.5 Å². The molecule has 0 saturated heterocycles. The van der Waals surface area contributed by atoms with Crippen LogP contribution in [0.25, 0.3) is 65.4 Å². The Morgan fingerprint density at radius 2 is 0.802 bits per heavy atom. The molecule has 0 radical (unpaired) electrons. The van der Waals surface area contributed by atoms with Crippen molar-refractivity contribution >= 4 is 180 Å². The van der Waals surface area contributed by atoms with Crippen LogP contribution in [0, 0.1) is 17.5 Å². The number of rotatable bonds is 15. The summed E-state index contributed by atoms with van der Waals surface area (Å²) in [7, 11) is 10.9. The molecule has 101 heavy (non-hydrogen) atoms. The van der Waals surface area contributed by atoms with Gasteiger partial charge in [-0.3, -0.25) is 28.8 Å². The van der Waals surface area contributed by atoms with Crippen LogP contribution in [0.5, 0.6) is 0 Å². The summed E-state index contributed by atoms with van der Waals surface area (Å²) < 4.78 is 56.7. The number of anilines is 8. The Morgan fingerprint density at radius 3 is 1.12 bits per heavy atom. The van der Waals surface area contributed by atoms with Gasteiger partial charge >= 0.3 is 36.8 Å². The van der Waals surface area contributed by atoms with E-state index in [-0.39, 0.29) is 95.5 Å². The molecule has 0 bridgehead atoms. The first-order chi connectivity index (χ1) is 46.7. The van der Waals surface area contributed by atoms with Crippen molar-refractivity contribution in [3.05, 3.63) is 231 Å². The van der Waals surface area contributed by atoms with E-state index in [4.69, 9.17) is 50.0 Å². The number of nitrogens with zero attached hydrogens (tertiary/aromatic N) is 6. The van der Waals surface area contributed by atoms with Crippen LogP contribution in [-0.2, 0) is 43.5 Å². The number of carbonyl (C=O) groups excluding carboxylic acids is 2. The molecule has 3 aromatic heterocycles. The monoisotopic (exact) mass is 1500 g/mol. The van der Waals surface area contributed by atoms with Crippen LogP contribution in [0.4, 0.5) is 58.7 Å². The number of esters is 2. The Kier molecular flexibility index (Phi) is 27.8. The van der Waals surface area contributed by atoms with Crippen LogP contribution in [-0.4, -0.2) is 103 Å². The van der Waals surface area contributed by atoms with Gasteiger partial charge in [-0.2, -0.15) is 0 Å². The number of hydrogen-bond donors (Lipinski definition) is 4. The molecular formula is C73H69BrCl3F3LiN9O11. The average Bonchev–Trinajstić information content (AvgIpc) is 0.752. The molecule has 0 unspecified atom stereocenters. The molecule has 0 atom stereocenters. The molecule has 9 aromatic carbocycles. The average molecular weight is 1500 g/mol. The molecule has 8 N–H and O–H groups in total. The SMILES string of the molecule is CCOC(=O)Cn1c2cc(Br)ccc2c(=O)c2ccc(Cl)c(N(C)C)c21.CCOC(=O)Cn1c2cc(Nc3ccccc3F)ccc2c(=O)c2ccc(Cl)c(N(C)C)c21.CN(C)c1c(Cl)ccc2c(=O)c3ccc(Nc4ccccc4F)cc3n(CC(=O)O)c12.Nc1ccccc1F.O.[Li+].[OH-]. The first-order valence-electron chi connectivity index (χ1n) is 30.3. The zero-order chi connectivity index (χ0) is 71.0. The van der Waals surface area contributed by atoms with Gasteiger partial charge in [-0.05, 0) is 141 Å². The van der Waals surface area contributed by atoms with E-state index in [2.05, 4.69) is 26.6 Å². The third-order valence-electron chi connectivity index (χ3n) is 15.4. The predicted molar refractivity (Wildman–Crippen MR) is 399 cm³/mol. The second-order valence-corrected chi connectivity index (χ2v) is 24.8. The van der Waals surface area contributed by atoms with Gasteiger partial charge in [-0.15, -0.1) is 0 Å². The number of carboxylic acids is 1. The van der Waals surface area contributed by atoms with Crippen LogP contribution < -0.4 is 66.2 Å². The maximum atomic E-state index is 14.2. The minimum Gasteiger partial charge on any atom is -0.870 e. The number of nitrogen functional groups attached to an aromatic ring is 1. The summed E-state index contributed by atoms with van der Waals surface area (Å²) in [4.78, 5) is 81.6.